The molecule has 0 saturated carbocycles. The summed E-state index contributed by atoms with van der Waals surface area (Å²) in [7, 11) is 2.08. The fourth-order valence-electron chi connectivity index (χ4n) is 2.77. The summed E-state index contributed by atoms with van der Waals surface area (Å²) in [5.74, 6) is -3.01. The maximum atomic E-state index is 10.5. The third kappa shape index (κ3) is 16.4. The molecule has 0 aliphatic heterocycles. The average molecular weight is 393 g/mol. The van der Waals surface area contributed by atoms with Crippen LogP contribution >= 0.6 is 0 Å². The molecule has 0 amide bonds. The van der Waals surface area contributed by atoms with E-state index in [1.165, 1.54) is 83.6 Å². The van der Waals surface area contributed by atoms with Crippen molar-refractivity contribution in [2.24, 2.45) is 7.05 Å². The molecule has 1 aromatic rings. The SMILES string of the molecule is CCCCCCCCCCCCCCn1cc[n+](C)c1.O=C([O-])C(F)(F)F. The first-order valence-corrected chi connectivity index (χ1v) is 10.1. The molecule has 1 heterocycles. The fraction of sp³-hybridized carbons (Fsp3) is 0.800. The summed E-state index contributed by atoms with van der Waals surface area (Å²) in [5, 5.41) is 8.78. The molecular formula is C20H35F3N2O2. The Kier molecular flexibility index (Phi) is 14.6. The van der Waals surface area contributed by atoms with E-state index in [0.29, 0.717) is 0 Å². The zero-order chi connectivity index (χ0) is 20.5. The van der Waals surface area contributed by atoms with Gasteiger partial charge in [-0.3, -0.25) is 0 Å². The van der Waals surface area contributed by atoms with Crippen LogP contribution in [-0.4, -0.2) is 16.7 Å². The van der Waals surface area contributed by atoms with E-state index in [0.717, 1.165) is 0 Å². The number of alkyl halides is 3. The van der Waals surface area contributed by atoms with Crippen LogP contribution in [0.4, 0.5) is 13.2 Å². The van der Waals surface area contributed by atoms with Crippen molar-refractivity contribution >= 4 is 5.97 Å². The number of aliphatic carboxylic acids is 1. The van der Waals surface area contributed by atoms with E-state index < -0.39 is 12.1 Å². The highest BCUT2D eigenvalue weighted by molar-refractivity contribution is 5.70. The van der Waals surface area contributed by atoms with Crippen molar-refractivity contribution < 1.29 is 27.6 Å². The third-order valence-corrected chi connectivity index (χ3v) is 4.33. The van der Waals surface area contributed by atoms with Crippen molar-refractivity contribution in [2.75, 3.05) is 0 Å². The van der Waals surface area contributed by atoms with E-state index in [1.807, 2.05) is 0 Å². The summed E-state index contributed by atoms with van der Waals surface area (Å²) in [5.41, 5.74) is 0. The number of imidazole rings is 1. The van der Waals surface area contributed by atoms with Gasteiger partial charge < -0.3 is 9.90 Å². The number of carbonyl (C=O) groups is 1. The van der Waals surface area contributed by atoms with Gasteiger partial charge in [0.05, 0.1) is 13.6 Å². The van der Waals surface area contributed by atoms with Gasteiger partial charge in [-0.05, 0) is 12.8 Å². The average Bonchev–Trinajstić information content (AvgIpc) is 3.01. The van der Waals surface area contributed by atoms with Gasteiger partial charge in [0.2, 0.25) is 6.33 Å². The van der Waals surface area contributed by atoms with Gasteiger partial charge >= 0.3 is 6.18 Å². The summed E-state index contributed by atoms with van der Waals surface area (Å²) < 4.78 is 35.9. The van der Waals surface area contributed by atoms with Crippen LogP contribution in [0.3, 0.4) is 0 Å². The Hall–Kier alpha value is -1.53. The Morgan fingerprint density at radius 1 is 0.926 bits per heavy atom. The second kappa shape index (κ2) is 15.5. The molecule has 0 unspecified atom stereocenters. The van der Waals surface area contributed by atoms with Gasteiger partial charge in [0.1, 0.15) is 18.4 Å². The maximum Gasteiger partial charge on any atom is 0.430 e. The zero-order valence-electron chi connectivity index (χ0n) is 16.8. The quantitative estimate of drug-likeness (QED) is 0.371. The second-order valence-electron chi connectivity index (χ2n) is 6.99. The minimum absolute atomic E-state index is 1.18. The second-order valence-corrected chi connectivity index (χ2v) is 6.99. The molecule has 158 valence electrons. The van der Waals surface area contributed by atoms with Gasteiger partial charge in [0.15, 0.2) is 0 Å². The summed E-state index contributed by atoms with van der Waals surface area (Å²) in [6.45, 7) is 3.47. The molecule has 0 atom stereocenters. The number of carbonyl (C=O) groups excluding carboxylic acids is 1. The lowest BCUT2D eigenvalue weighted by Crippen LogP contribution is -2.37. The van der Waals surface area contributed by atoms with Crippen molar-refractivity contribution in [3.05, 3.63) is 18.7 Å². The molecule has 0 fully saturated rings. The normalized spacial score (nSPS) is 11.1. The van der Waals surface area contributed by atoms with E-state index >= 15 is 0 Å². The van der Waals surface area contributed by atoms with Gasteiger partial charge in [0, 0.05) is 0 Å². The number of aryl methyl sites for hydroxylation is 2. The summed E-state index contributed by atoms with van der Waals surface area (Å²) >= 11 is 0. The Morgan fingerprint density at radius 2 is 1.33 bits per heavy atom. The molecule has 0 bridgehead atoms. The molecule has 0 radical (unpaired) electrons. The van der Waals surface area contributed by atoms with Crippen LogP contribution in [0.2, 0.25) is 0 Å². The first-order chi connectivity index (χ1) is 12.8. The van der Waals surface area contributed by atoms with Crippen LogP contribution in [0, 0.1) is 0 Å². The molecule has 0 saturated heterocycles. The standard InChI is InChI=1S/C18H35N2.C2HF3O2/c1-3-4-5-6-7-8-9-10-11-12-13-14-15-20-17-16-19(2)18-20;3-2(4,5)1(6)7/h16-18H,3-15H2,1-2H3;(H,6,7)/q+1;/p-1. The van der Waals surface area contributed by atoms with Crippen LogP contribution in [0.1, 0.15) is 84.0 Å². The lowest BCUT2D eigenvalue weighted by Gasteiger charge is -2.03. The molecule has 1 aromatic heterocycles. The van der Waals surface area contributed by atoms with Gasteiger partial charge in [-0.25, -0.2) is 9.13 Å². The van der Waals surface area contributed by atoms with E-state index in [2.05, 4.69) is 41.8 Å². The van der Waals surface area contributed by atoms with Crippen LogP contribution in [-0.2, 0) is 18.4 Å². The van der Waals surface area contributed by atoms with Crippen LogP contribution in [0.25, 0.3) is 0 Å². The molecule has 0 N–H and O–H groups in total. The van der Waals surface area contributed by atoms with Crippen molar-refractivity contribution in [3.8, 4) is 0 Å². The number of rotatable bonds is 13. The molecule has 0 aromatic carbocycles. The molecular weight excluding hydrogens is 357 g/mol. The number of unbranched alkanes of at least 4 members (excludes halogenated alkanes) is 11. The zero-order valence-corrected chi connectivity index (χ0v) is 16.8. The Labute approximate surface area is 161 Å². The highest BCUT2D eigenvalue weighted by Crippen LogP contribution is 2.12. The van der Waals surface area contributed by atoms with Crippen molar-refractivity contribution in [1.29, 1.82) is 0 Å². The first-order valence-electron chi connectivity index (χ1n) is 10.1. The molecule has 0 spiro atoms. The lowest BCUT2D eigenvalue weighted by atomic mass is 10.1. The smallest absolute Gasteiger partial charge is 0.430 e. The first kappa shape index (κ1) is 25.5. The highest BCUT2D eigenvalue weighted by atomic mass is 19.4. The third-order valence-electron chi connectivity index (χ3n) is 4.33. The van der Waals surface area contributed by atoms with E-state index in [9.17, 15) is 13.2 Å². The summed E-state index contributed by atoms with van der Waals surface area (Å²) in [6.07, 6.45) is 18.4. The molecule has 27 heavy (non-hydrogen) atoms. The molecule has 1 rings (SSSR count). The maximum absolute atomic E-state index is 10.5. The van der Waals surface area contributed by atoms with Crippen molar-refractivity contribution in [2.45, 2.75) is 96.7 Å². The predicted octanol–water partition coefficient (Wildman–Crippen LogP) is 4.31. The Balaban J connectivity index is 0.000000821. The Bertz CT molecular complexity index is 488. The molecule has 7 heteroatoms. The number of carboxylic acid groups (broad SMARTS) is 1. The predicted molar refractivity (Wildman–Crippen MR) is 97.7 cm³/mol. The van der Waals surface area contributed by atoms with E-state index in [-0.39, 0.29) is 0 Å². The van der Waals surface area contributed by atoms with Crippen molar-refractivity contribution in [1.82, 2.24) is 4.57 Å². The lowest BCUT2D eigenvalue weighted by molar-refractivity contribution is -0.671. The number of nitrogens with zero attached hydrogens (tertiary/aromatic N) is 2. The van der Waals surface area contributed by atoms with E-state index in [1.54, 1.807) is 0 Å². The molecule has 4 nitrogen and oxygen atoms in total. The van der Waals surface area contributed by atoms with Gasteiger partial charge in [-0.2, -0.15) is 13.2 Å². The fourth-order valence-corrected chi connectivity index (χ4v) is 2.77. The van der Waals surface area contributed by atoms with Gasteiger partial charge in [-0.1, -0.05) is 71.1 Å². The minimum atomic E-state index is -5.19. The topological polar surface area (TPSA) is 48.9 Å². The number of carboxylic acids is 1. The minimum Gasteiger partial charge on any atom is -0.542 e. The molecule has 0 aliphatic rings. The molecule has 0 aliphatic carbocycles. The number of hydrogen-bond donors (Lipinski definition) is 0. The summed E-state index contributed by atoms with van der Waals surface area (Å²) in [4.78, 5) is 8.78. The Morgan fingerprint density at radius 3 is 1.67 bits per heavy atom. The van der Waals surface area contributed by atoms with Gasteiger partial charge in [-0.15, -0.1) is 0 Å². The number of halogens is 3. The largest absolute Gasteiger partial charge is 0.542 e. The van der Waals surface area contributed by atoms with Crippen LogP contribution < -0.4 is 9.67 Å². The number of aromatic nitrogens is 2. The monoisotopic (exact) mass is 392 g/mol. The highest BCUT2D eigenvalue weighted by Gasteiger charge is 2.28. The van der Waals surface area contributed by atoms with Crippen LogP contribution in [0.5, 0.6) is 0 Å². The number of hydrogen-bond acceptors (Lipinski definition) is 2. The van der Waals surface area contributed by atoms with Gasteiger partial charge in [0.25, 0.3) is 0 Å². The summed E-state index contributed by atoms with van der Waals surface area (Å²) in [6, 6.07) is 0. The van der Waals surface area contributed by atoms with Crippen LogP contribution in [0.15, 0.2) is 18.7 Å². The van der Waals surface area contributed by atoms with Crippen molar-refractivity contribution in [3.63, 3.8) is 0 Å². The van der Waals surface area contributed by atoms with E-state index in [4.69, 9.17) is 9.90 Å².